The Hall–Kier alpha value is -1.70. The number of hydrogen-bond acceptors (Lipinski definition) is 2. The molecule has 84 valence electrons. The van der Waals surface area contributed by atoms with Gasteiger partial charge in [0.2, 0.25) is 0 Å². The van der Waals surface area contributed by atoms with E-state index in [9.17, 15) is 0 Å². The Morgan fingerprint density at radius 1 is 0.750 bits per heavy atom. The van der Waals surface area contributed by atoms with Crippen molar-refractivity contribution in [2.24, 2.45) is 0 Å². The van der Waals surface area contributed by atoms with Crippen LogP contribution in [0.2, 0.25) is 0 Å². The number of rotatable bonds is 2. The zero-order valence-corrected chi connectivity index (χ0v) is 10.1. The Morgan fingerprint density at radius 2 is 1.06 bits per heavy atom. The van der Waals surface area contributed by atoms with Gasteiger partial charge in [-0.25, -0.2) is 0 Å². The van der Waals surface area contributed by atoms with Crippen molar-refractivity contribution < 1.29 is 0 Å². The molecule has 2 heteroatoms. The molecule has 0 fully saturated rings. The lowest BCUT2D eigenvalue weighted by Gasteiger charge is -2.10. The van der Waals surface area contributed by atoms with Crippen molar-refractivity contribution >= 4 is 0 Å². The SMILES string of the molecule is CC.CC(c1ccncc1)c1ccncc1. The van der Waals surface area contributed by atoms with Gasteiger partial charge in [0.15, 0.2) is 0 Å². The van der Waals surface area contributed by atoms with Crippen LogP contribution in [0.5, 0.6) is 0 Å². The fourth-order valence-electron chi connectivity index (χ4n) is 1.50. The van der Waals surface area contributed by atoms with Crippen molar-refractivity contribution in [2.75, 3.05) is 0 Å². The van der Waals surface area contributed by atoms with Gasteiger partial charge in [0.05, 0.1) is 0 Å². The van der Waals surface area contributed by atoms with E-state index in [-0.39, 0.29) is 0 Å². The monoisotopic (exact) mass is 214 g/mol. The van der Waals surface area contributed by atoms with Crippen LogP contribution in [0, 0.1) is 0 Å². The number of nitrogens with zero attached hydrogens (tertiary/aromatic N) is 2. The van der Waals surface area contributed by atoms with E-state index in [2.05, 4.69) is 16.9 Å². The Kier molecular flexibility index (Phi) is 5.20. The Labute approximate surface area is 97.4 Å². The molecule has 0 N–H and O–H groups in total. The molecule has 0 aliphatic heterocycles. The first-order valence-corrected chi connectivity index (χ1v) is 5.68. The van der Waals surface area contributed by atoms with Gasteiger partial charge >= 0.3 is 0 Å². The van der Waals surface area contributed by atoms with Crippen LogP contribution < -0.4 is 0 Å². The van der Waals surface area contributed by atoms with Crippen molar-refractivity contribution in [2.45, 2.75) is 26.7 Å². The van der Waals surface area contributed by atoms with Gasteiger partial charge in [-0.15, -0.1) is 0 Å². The topological polar surface area (TPSA) is 25.8 Å². The Bertz CT molecular complexity index is 344. The van der Waals surface area contributed by atoms with Gasteiger partial charge in [0.1, 0.15) is 0 Å². The molecule has 0 saturated heterocycles. The highest BCUT2D eigenvalue weighted by Crippen LogP contribution is 2.22. The van der Waals surface area contributed by atoms with E-state index in [1.165, 1.54) is 11.1 Å². The smallest absolute Gasteiger partial charge is 0.0270 e. The highest BCUT2D eigenvalue weighted by atomic mass is 14.6. The minimum absolute atomic E-state index is 0.404. The Balaban J connectivity index is 0.000000606. The summed E-state index contributed by atoms with van der Waals surface area (Å²) in [5, 5.41) is 0. The van der Waals surface area contributed by atoms with Gasteiger partial charge in [-0.1, -0.05) is 20.8 Å². The minimum Gasteiger partial charge on any atom is -0.265 e. The van der Waals surface area contributed by atoms with Crippen LogP contribution in [0.4, 0.5) is 0 Å². The lowest BCUT2D eigenvalue weighted by molar-refractivity contribution is 0.912. The van der Waals surface area contributed by atoms with Crippen LogP contribution in [-0.2, 0) is 0 Å². The molecular weight excluding hydrogens is 196 g/mol. The van der Waals surface area contributed by atoms with Crippen LogP contribution in [0.15, 0.2) is 49.1 Å². The van der Waals surface area contributed by atoms with E-state index in [0.717, 1.165) is 0 Å². The number of hydrogen-bond donors (Lipinski definition) is 0. The van der Waals surface area contributed by atoms with E-state index in [1.807, 2.05) is 62.9 Å². The van der Waals surface area contributed by atoms with Crippen LogP contribution in [-0.4, -0.2) is 9.97 Å². The van der Waals surface area contributed by atoms with Crippen LogP contribution in [0.3, 0.4) is 0 Å². The highest BCUT2D eigenvalue weighted by molar-refractivity contribution is 5.28. The van der Waals surface area contributed by atoms with Crippen molar-refractivity contribution in [1.82, 2.24) is 9.97 Å². The average Bonchev–Trinajstić information content (AvgIpc) is 2.42. The average molecular weight is 214 g/mol. The third-order valence-electron chi connectivity index (χ3n) is 2.41. The van der Waals surface area contributed by atoms with Crippen molar-refractivity contribution in [1.29, 1.82) is 0 Å². The first-order chi connectivity index (χ1) is 7.88. The summed E-state index contributed by atoms with van der Waals surface area (Å²) in [5.74, 6) is 0.404. The largest absolute Gasteiger partial charge is 0.265 e. The molecule has 2 aromatic rings. The van der Waals surface area contributed by atoms with Crippen LogP contribution >= 0.6 is 0 Å². The van der Waals surface area contributed by atoms with Gasteiger partial charge in [0.25, 0.3) is 0 Å². The molecule has 0 atom stereocenters. The van der Waals surface area contributed by atoms with Crippen molar-refractivity contribution in [3.05, 3.63) is 60.2 Å². The molecule has 0 amide bonds. The summed E-state index contributed by atoms with van der Waals surface area (Å²) in [6.07, 6.45) is 7.31. The summed E-state index contributed by atoms with van der Waals surface area (Å²) in [4.78, 5) is 8.02. The van der Waals surface area contributed by atoms with Crippen molar-refractivity contribution in [3.63, 3.8) is 0 Å². The summed E-state index contributed by atoms with van der Waals surface area (Å²) in [7, 11) is 0. The second-order valence-electron chi connectivity index (χ2n) is 3.28. The molecule has 0 bridgehead atoms. The van der Waals surface area contributed by atoms with Gasteiger partial charge in [-0.3, -0.25) is 9.97 Å². The van der Waals surface area contributed by atoms with Gasteiger partial charge in [-0.05, 0) is 35.4 Å². The Morgan fingerprint density at radius 3 is 1.38 bits per heavy atom. The van der Waals surface area contributed by atoms with E-state index in [0.29, 0.717) is 5.92 Å². The third-order valence-corrected chi connectivity index (χ3v) is 2.41. The van der Waals surface area contributed by atoms with Crippen LogP contribution in [0.1, 0.15) is 37.8 Å². The molecule has 0 aliphatic carbocycles. The molecule has 2 heterocycles. The molecule has 2 aromatic heterocycles. The zero-order chi connectivity index (χ0) is 11.8. The molecule has 0 aromatic carbocycles. The second kappa shape index (κ2) is 6.72. The fourth-order valence-corrected chi connectivity index (χ4v) is 1.50. The molecular formula is C14H18N2. The maximum Gasteiger partial charge on any atom is 0.0270 e. The summed E-state index contributed by atoms with van der Waals surface area (Å²) in [6, 6.07) is 8.19. The summed E-state index contributed by atoms with van der Waals surface area (Å²) < 4.78 is 0. The maximum atomic E-state index is 4.01. The van der Waals surface area contributed by atoms with E-state index >= 15 is 0 Å². The van der Waals surface area contributed by atoms with Gasteiger partial charge in [-0.2, -0.15) is 0 Å². The summed E-state index contributed by atoms with van der Waals surface area (Å²) in [6.45, 7) is 6.19. The van der Waals surface area contributed by atoms with E-state index in [4.69, 9.17) is 0 Å². The molecule has 2 rings (SSSR count). The number of pyridine rings is 2. The highest BCUT2D eigenvalue weighted by Gasteiger charge is 2.06. The van der Waals surface area contributed by atoms with Gasteiger partial charge in [0, 0.05) is 30.7 Å². The molecule has 16 heavy (non-hydrogen) atoms. The lowest BCUT2D eigenvalue weighted by Crippen LogP contribution is -1.95. The molecule has 0 saturated carbocycles. The van der Waals surface area contributed by atoms with E-state index < -0.39 is 0 Å². The normalized spacial score (nSPS) is 9.50. The molecule has 0 radical (unpaired) electrons. The predicted molar refractivity (Wildman–Crippen MR) is 67.3 cm³/mol. The lowest BCUT2D eigenvalue weighted by atomic mass is 9.95. The van der Waals surface area contributed by atoms with E-state index in [1.54, 1.807) is 0 Å². The predicted octanol–water partition coefficient (Wildman–Crippen LogP) is 3.65. The number of aromatic nitrogens is 2. The fraction of sp³-hybridized carbons (Fsp3) is 0.286. The minimum atomic E-state index is 0.404. The van der Waals surface area contributed by atoms with Gasteiger partial charge < -0.3 is 0 Å². The molecule has 0 aliphatic rings. The zero-order valence-electron chi connectivity index (χ0n) is 10.1. The molecule has 0 unspecified atom stereocenters. The maximum absolute atomic E-state index is 4.01. The second-order valence-corrected chi connectivity index (χ2v) is 3.28. The summed E-state index contributed by atoms with van der Waals surface area (Å²) in [5.41, 5.74) is 2.57. The standard InChI is InChI=1S/C12H12N2.C2H6/c1-10(11-2-6-13-7-3-11)12-4-8-14-9-5-12;1-2/h2-10H,1H3;1-2H3. The first kappa shape index (κ1) is 12.4. The summed E-state index contributed by atoms with van der Waals surface area (Å²) >= 11 is 0. The molecule has 0 spiro atoms. The third kappa shape index (κ3) is 3.16. The van der Waals surface area contributed by atoms with Crippen LogP contribution in [0.25, 0.3) is 0 Å². The van der Waals surface area contributed by atoms with Crippen molar-refractivity contribution in [3.8, 4) is 0 Å². The quantitative estimate of drug-likeness (QED) is 0.762. The molecule has 2 nitrogen and oxygen atoms in total. The first-order valence-electron chi connectivity index (χ1n) is 5.68.